The van der Waals surface area contributed by atoms with Crippen LogP contribution in [0.2, 0.25) is 5.15 Å². The van der Waals surface area contributed by atoms with Gasteiger partial charge < -0.3 is 5.11 Å². The summed E-state index contributed by atoms with van der Waals surface area (Å²) in [4.78, 5) is 14.8. The maximum absolute atomic E-state index is 10.7. The number of carboxylic acids is 1. The predicted molar refractivity (Wildman–Crippen MR) is 54.9 cm³/mol. The molecule has 0 bridgehead atoms. The van der Waals surface area contributed by atoms with Crippen molar-refractivity contribution in [1.82, 2.24) is 9.38 Å². The Hall–Kier alpha value is -1.07. The van der Waals surface area contributed by atoms with Gasteiger partial charge in [-0.15, -0.1) is 0 Å². The maximum Gasteiger partial charge on any atom is 0.338 e. The van der Waals surface area contributed by atoms with Gasteiger partial charge in [0, 0.05) is 12.4 Å². The molecule has 72 valence electrons. The summed E-state index contributed by atoms with van der Waals surface area (Å²) >= 11 is 9.07. The van der Waals surface area contributed by atoms with Gasteiger partial charge in [0.1, 0.15) is 10.8 Å². The molecule has 6 heteroatoms. The topological polar surface area (TPSA) is 54.6 Å². The number of fused-ring (bicyclic) bond motifs is 1. The molecule has 0 aliphatic rings. The van der Waals surface area contributed by atoms with Gasteiger partial charge in [0.05, 0.1) is 10.0 Å². The first kappa shape index (κ1) is 9.48. The Morgan fingerprint density at radius 3 is 3.00 bits per heavy atom. The van der Waals surface area contributed by atoms with Crippen LogP contribution in [0.4, 0.5) is 0 Å². The summed E-state index contributed by atoms with van der Waals surface area (Å²) in [5.74, 6) is -1.06. The molecule has 2 aromatic rings. The number of aromatic nitrogens is 2. The third-order valence-electron chi connectivity index (χ3n) is 1.76. The Bertz CT molecular complexity index is 523. The Balaban J connectivity index is 2.80. The molecule has 0 amide bonds. The van der Waals surface area contributed by atoms with E-state index in [2.05, 4.69) is 20.9 Å². The van der Waals surface area contributed by atoms with E-state index in [-0.39, 0.29) is 10.7 Å². The van der Waals surface area contributed by atoms with Crippen molar-refractivity contribution in [3.63, 3.8) is 0 Å². The summed E-state index contributed by atoms with van der Waals surface area (Å²) in [6, 6.07) is 1.43. The van der Waals surface area contributed by atoms with Crippen molar-refractivity contribution in [1.29, 1.82) is 0 Å². The Morgan fingerprint density at radius 2 is 2.36 bits per heavy atom. The van der Waals surface area contributed by atoms with Crippen LogP contribution in [0.3, 0.4) is 0 Å². The second-order valence-corrected chi connectivity index (χ2v) is 3.93. The SMILES string of the molecule is O=C(O)c1cc2ncc(Br)cn2c1Cl. The molecule has 0 aliphatic carbocycles. The first-order valence-electron chi connectivity index (χ1n) is 3.65. The van der Waals surface area contributed by atoms with Crippen molar-refractivity contribution >= 4 is 39.1 Å². The van der Waals surface area contributed by atoms with E-state index in [0.29, 0.717) is 5.65 Å². The van der Waals surface area contributed by atoms with Crippen LogP contribution in [0.15, 0.2) is 22.9 Å². The fourth-order valence-electron chi connectivity index (χ4n) is 1.15. The van der Waals surface area contributed by atoms with Gasteiger partial charge in [0.25, 0.3) is 0 Å². The minimum Gasteiger partial charge on any atom is -0.478 e. The highest BCUT2D eigenvalue weighted by Crippen LogP contribution is 2.22. The number of nitrogens with zero attached hydrogens (tertiary/aromatic N) is 2. The minimum atomic E-state index is -1.06. The van der Waals surface area contributed by atoms with Crippen molar-refractivity contribution in [2.24, 2.45) is 0 Å². The van der Waals surface area contributed by atoms with E-state index in [1.54, 1.807) is 12.4 Å². The molecule has 0 saturated heterocycles. The number of carboxylic acid groups (broad SMARTS) is 1. The zero-order valence-electron chi connectivity index (χ0n) is 6.74. The Labute approximate surface area is 92.3 Å². The van der Waals surface area contributed by atoms with Crippen molar-refractivity contribution in [2.75, 3.05) is 0 Å². The summed E-state index contributed by atoms with van der Waals surface area (Å²) in [6.07, 6.45) is 3.24. The second-order valence-electron chi connectivity index (χ2n) is 2.65. The van der Waals surface area contributed by atoms with Crippen LogP contribution in [0.25, 0.3) is 5.65 Å². The summed E-state index contributed by atoms with van der Waals surface area (Å²) < 4.78 is 2.24. The van der Waals surface area contributed by atoms with Crippen LogP contribution in [-0.4, -0.2) is 20.5 Å². The monoisotopic (exact) mass is 274 g/mol. The molecule has 0 aromatic carbocycles. The molecule has 0 aliphatic heterocycles. The Morgan fingerprint density at radius 1 is 1.64 bits per heavy atom. The summed E-state index contributed by atoms with van der Waals surface area (Å²) in [6.45, 7) is 0. The van der Waals surface area contributed by atoms with Gasteiger partial charge in [-0.2, -0.15) is 0 Å². The minimum absolute atomic E-state index is 0.0530. The zero-order chi connectivity index (χ0) is 10.3. The van der Waals surface area contributed by atoms with Gasteiger partial charge in [0.15, 0.2) is 0 Å². The maximum atomic E-state index is 10.7. The van der Waals surface area contributed by atoms with E-state index in [1.807, 2.05) is 0 Å². The van der Waals surface area contributed by atoms with Gasteiger partial charge in [0.2, 0.25) is 0 Å². The fourth-order valence-corrected chi connectivity index (χ4v) is 1.72. The first-order chi connectivity index (χ1) is 6.59. The number of carbonyl (C=O) groups is 1. The molecule has 2 heterocycles. The smallest absolute Gasteiger partial charge is 0.338 e. The number of aromatic carboxylic acids is 1. The lowest BCUT2D eigenvalue weighted by atomic mass is 10.3. The van der Waals surface area contributed by atoms with E-state index in [4.69, 9.17) is 16.7 Å². The highest BCUT2D eigenvalue weighted by atomic mass is 79.9. The lowest BCUT2D eigenvalue weighted by molar-refractivity contribution is 0.0697. The van der Waals surface area contributed by atoms with Crippen LogP contribution in [-0.2, 0) is 0 Å². The number of hydrogen-bond donors (Lipinski definition) is 1. The molecule has 0 fully saturated rings. The molecular weight excluding hydrogens is 271 g/mol. The van der Waals surface area contributed by atoms with Crippen molar-refractivity contribution in [3.05, 3.63) is 33.6 Å². The van der Waals surface area contributed by atoms with Crippen LogP contribution < -0.4 is 0 Å². The Kier molecular flexibility index (Phi) is 2.20. The molecule has 0 unspecified atom stereocenters. The third kappa shape index (κ3) is 1.38. The summed E-state index contributed by atoms with van der Waals surface area (Å²) in [5.41, 5.74) is 0.563. The van der Waals surface area contributed by atoms with Crippen LogP contribution >= 0.6 is 27.5 Å². The lowest BCUT2D eigenvalue weighted by Crippen LogP contribution is -1.94. The van der Waals surface area contributed by atoms with Crippen LogP contribution in [0, 0.1) is 0 Å². The van der Waals surface area contributed by atoms with E-state index in [9.17, 15) is 4.79 Å². The fraction of sp³-hybridized carbons (Fsp3) is 0. The summed E-state index contributed by atoms with van der Waals surface area (Å²) in [7, 11) is 0. The zero-order valence-corrected chi connectivity index (χ0v) is 9.08. The normalized spacial score (nSPS) is 10.7. The lowest BCUT2D eigenvalue weighted by Gasteiger charge is -1.95. The number of hydrogen-bond acceptors (Lipinski definition) is 2. The molecular formula is C8H4BrClN2O2. The molecule has 0 saturated carbocycles. The van der Waals surface area contributed by atoms with Crippen molar-refractivity contribution in [3.8, 4) is 0 Å². The molecule has 0 atom stereocenters. The number of halogens is 2. The van der Waals surface area contributed by atoms with Crippen LogP contribution in [0.5, 0.6) is 0 Å². The van der Waals surface area contributed by atoms with Gasteiger partial charge in [-0.1, -0.05) is 11.6 Å². The molecule has 2 aromatic heterocycles. The largest absolute Gasteiger partial charge is 0.478 e. The molecule has 4 nitrogen and oxygen atoms in total. The molecule has 0 spiro atoms. The average molecular weight is 275 g/mol. The van der Waals surface area contributed by atoms with Gasteiger partial charge in [-0.05, 0) is 22.0 Å². The van der Waals surface area contributed by atoms with Crippen LogP contribution in [0.1, 0.15) is 10.4 Å². The predicted octanol–water partition coefficient (Wildman–Crippen LogP) is 2.45. The van der Waals surface area contributed by atoms with E-state index >= 15 is 0 Å². The van der Waals surface area contributed by atoms with Crippen molar-refractivity contribution < 1.29 is 9.90 Å². The molecule has 2 rings (SSSR count). The second kappa shape index (κ2) is 3.25. The quantitative estimate of drug-likeness (QED) is 0.870. The van der Waals surface area contributed by atoms with E-state index < -0.39 is 5.97 Å². The van der Waals surface area contributed by atoms with Gasteiger partial charge in [-0.25, -0.2) is 9.78 Å². The van der Waals surface area contributed by atoms with E-state index in [0.717, 1.165) is 4.47 Å². The van der Waals surface area contributed by atoms with Gasteiger partial charge >= 0.3 is 5.97 Å². The molecule has 0 radical (unpaired) electrons. The third-order valence-corrected chi connectivity index (χ3v) is 2.55. The molecule has 14 heavy (non-hydrogen) atoms. The van der Waals surface area contributed by atoms with E-state index in [1.165, 1.54) is 10.5 Å². The first-order valence-corrected chi connectivity index (χ1v) is 4.82. The molecule has 1 N–H and O–H groups in total. The number of rotatable bonds is 1. The summed E-state index contributed by atoms with van der Waals surface area (Å²) in [5, 5.41) is 8.95. The van der Waals surface area contributed by atoms with Crippen molar-refractivity contribution in [2.45, 2.75) is 0 Å². The highest BCUT2D eigenvalue weighted by molar-refractivity contribution is 9.10. The highest BCUT2D eigenvalue weighted by Gasteiger charge is 2.14. The standard InChI is InChI=1S/C8H4BrClN2O2/c9-4-2-11-6-1-5(8(13)14)7(10)12(6)3-4/h1-3H,(H,13,14). The average Bonchev–Trinajstić information content (AvgIpc) is 2.44. The van der Waals surface area contributed by atoms with Gasteiger partial charge in [-0.3, -0.25) is 4.40 Å².